The van der Waals surface area contributed by atoms with Gasteiger partial charge in [-0.3, -0.25) is 0 Å². The molecule has 5 heteroatoms. The van der Waals surface area contributed by atoms with E-state index in [0.717, 1.165) is 15.1 Å². The molecular weight excluding hydrogens is 212 g/mol. The van der Waals surface area contributed by atoms with Gasteiger partial charge in [0.15, 0.2) is 0 Å². The molecule has 0 fully saturated rings. The molecular formula is C10H12N2O2S. The summed E-state index contributed by atoms with van der Waals surface area (Å²) in [6, 6.07) is 3.84. The summed E-state index contributed by atoms with van der Waals surface area (Å²) < 4.78 is 7.59. The molecule has 4 nitrogen and oxygen atoms in total. The highest BCUT2D eigenvalue weighted by molar-refractivity contribution is 7.19. The Bertz CT molecular complexity index is 513. The number of carbonyl (C=O) groups excluding carboxylic acids is 1. The van der Waals surface area contributed by atoms with E-state index in [-0.39, 0.29) is 5.97 Å². The first kappa shape index (κ1) is 10.2. The number of hydrogen-bond acceptors (Lipinski definition) is 4. The molecule has 0 saturated heterocycles. The highest BCUT2D eigenvalue weighted by atomic mass is 32.1. The lowest BCUT2D eigenvalue weighted by Gasteiger charge is -2.00. The number of nitrogens with two attached hydrogens (primary N) is 1. The minimum absolute atomic E-state index is 0.310. The van der Waals surface area contributed by atoms with Crippen molar-refractivity contribution in [3.8, 4) is 0 Å². The number of rotatable bonds is 2. The van der Waals surface area contributed by atoms with E-state index in [1.54, 1.807) is 11.3 Å². The van der Waals surface area contributed by atoms with E-state index in [9.17, 15) is 4.79 Å². The van der Waals surface area contributed by atoms with Gasteiger partial charge in [0.1, 0.15) is 5.69 Å². The molecule has 0 aromatic carbocycles. The first-order valence-electron chi connectivity index (χ1n) is 4.54. The fraction of sp³-hybridized carbons (Fsp3) is 0.300. The Labute approximate surface area is 91.2 Å². The van der Waals surface area contributed by atoms with Crippen molar-refractivity contribution in [2.45, 2.75) is 6.54 Å². The van der Waals surface area contributed by atoms with Crippen molar-refractivity contribution in [2.24, 2.45) is 12.8 Å². The number of aromatic nitrogens is 1. The van der Waals surface area contributed by atoms with Crippen molar-refractivity contribution in [3.05, 3.63) is 22.7 Å². The van der Waals surface area contributed by atoms with Gasteiger partial charge in [0.2, 0.25) is 0 Å². The van der Waals surface area contributed by atoms with Crippen LogP contribution in [0.15, 0.2) is 12.1 Å². The molecule has 0 aliphatic heterocycles. The molecule has 0 aliphatic rings. The number of methoxy groups -OCH3 is 1. The molecule has 0 bridgehead atoms. The monoisotopic (exact) mass is 224 g/mol. The van der Waals surface area contributed by atoms with Crippen molar-refractivity contribution in [1.29, 1.82) is 0 Å². The lowest BCUT2D eigenvalue weighted by atomic mass is 10.4. The molecule has 2 heterocycles. The molecule has 80 valence electrons. The lowest BCUT2D eigenvalue weighted by molar-refractivity contribution is 0.0590. The van der Waals surface area contributed by atoms with Crippen LogP contribution < -0.4 is 5.73 Å². The number of aryl methyl sites for hydroxylation is 1. The Morgan fingerprint density at radius 1 is 1.60 bits per heavy atom. The topological polar surface area (TPSA) is 57.2 Å². The SMILES string of the molecule is COC(=O)c1cc2sc(CN)cc2n1C. The zero-order valence-electron chi connectivity index (χ0n) is 8.61. The van der Waals surface area contributed by atoms with Crippen LogP contribution in [0.4, 0.5) is 0 Å². The van der Waals surface area contributed by atoms with Gasteiger partial charge >= 0.3 is 5.97 Å². The number of fused-ring (bicyclic) bond motifs is 1. The fourth-order valence-corrected chi connectivity index (χ4v) is 2.57. The second-order valence-corrected chi connectivity index (χ2v) is 4.41. The smallest absolute Gasteiger partial charge is 0.354 e. The number of nitrogens with zero attached hydrogens (tertiary/aromatic N) is 1. The molecule has 0 amide bonds. The zero-order valence-corrected chi connectivity index (χ0v) is 9.43. The molecule has 2 aromatic heterocycles. The van der Waals surface area contributed by atoms with Gasteiger partial charge in [-0.2, -0.15) is 0 Å². The summed E-state index contributed by atoms with van der Waals surface area (Å²) in [6.45, 7) is 0.535. The van der Waals surface area contributed by atoms with Gasteiger partial charge < -0.3 is 15.0 Å². The minimum Gasteiger partial charge on any atom is -0.464 e. The number of carbonyl (C=O) groups is 1. The van der Waals surface area contributed by atoms with Crippen LogP contribution in [0.2, 0.25) is 0 Å². The Kier molecular flexibility index (Phi) is 2.50. The van der Waals surface area contributed by atoms with Crippen LogP contribution in [0.5, 0.6) is 0 Å². The summed E-state index contributed by atoms with van der Waals surface area (Å²) in [5.41, 5.74) is 7.16. The molecule has 0 spiro atoms. The van der Waals surface area contributed by atoms with Crippen LogP contribution in [0.25, 0.3) is 10.2 Å². The molecule has 0 radical (unpaired) electrons. The van der Waals surface area contributed by atoms with E-state index in [1.807, 2.05) is 23.7 Å². The highest BCUT2D eigenvalue weighted by Crippen LogP contribution is 2.28. The summed E-state index contributed by atoms with van der Waals surface area (Å²) in [4.78, 5) is 12.5. The van der Waals surface area contributed by atoms with Gasteiger partial charge in [0, 0.05) is 18.5 Å². The summed E-state index contributed by atoms with van der Waals surface area (Å²) in [6.07, 6.45) is 0. The molecule has 0 aliphatic carbocycles. The average Bonchev–Trinajstić information content (AvgIpc) is 2.77. The highest BCUT2D eigenvalue weighted by Gasteiger charge is 2.15. The Hall–Kier alpha value is -1.33. The van der Waals surface area contributed by atoms with Crippen molar-refractivity contribution >= 4 is 27.5 Å². The largest absolute Gasteiger partial charge is 0.464 e. The molecule has 2 rings (SSSR count). The van der Waals surface area contributed by atoms with Crippen LogP contribution in [0, 0.1) is 0 Å². The van der Waals surface area contributed by atoms with E-state index in [2.05, 4.69) is 0 Å². The van der Waals surface area contributed by atoms with Crippen molar-refractivity contribution in [2.75, 3.05) is 7.11 Å². The Morgan fingerprint density at radius 3 is 2.87 bits per heavy atom. The maximum absolute atomic E-state index is 11.4. The predicted octanol–water partition coefficient (Wildman–Crippen LogP) is 1.49. The standard InChI is InChI=1S/C10H12N2O2S/c1-12-7-3-6(5-11)15-9(7)4-8(12)10(13)14-2/h3-4H,5,11H2,1-2H3. The quantitative estimate of drug-likeness (QED) is 0.786. The van der Waals surface area contributed by atoms with Crippen molar-refractivity contribution in [3.63, 3.8) is 0 Å². The van der Waals surface area contributed by atoms with E-state index in [4.69, 9.17) is 10.5 Å². The second kappa shape index (κ2) is 3.67. The number of esters is 1. The molecule has 2 aromatic rings. The molecule has 15 heavy (non-hydrogen) atoms. The van der Waals surface area contributed by atoms with E-state index >= 15 is 0 Å². The van der Waals surface area contributed by atoms with Gasteiger partial charge in [-0.15, -0.1) is 11.3 Å². The van der Waals surface area contributed by atoms with Crippen LogP contribution in [-0.2, 0) is 18.3 Å². The molecule has 2 N–H and O–H groups in total. The van der Waals surface area contributed by atoms with Gasteiger partial charge in [-0.1, -0.05) is 0 Å². The third kappa shape index (κ3) is 1.53. The van der Waals surface area contributed by atoms with Crippen LogP contribution in [0.1, 0.15) is 15.4 Å². The summed E-state index contributed by atoms with van der Waals surface area (Å²) in [5.74, 6) is -0.310. The molecule has 0 saturated carbocycles. The number of ether oxygens (including phenoxy) is 1. The zero-order chi connectivity index (χ0) is 11.0. The first-order chi connectivity index (χ1) is 7.17. The molecule has 0 unspecified atom stereocenters. The second-order valence-electron chi connectivity index (χ2n) is 3.25. The Balaban J connectivity index is 2.57. The summed E-state index contributed by atoms with van der Waals surface area (Å²) >= 11 is 1.61. The van der Waals surface area contributed by atoms with Crippen molar-refractivity contribution in [1.82, 2.24) is 4.57 Å². The third-order valence-corrected chi connectivity index (χ3v) is 3.47. The average molecular weight is 224 g/mol. The summed E-state index contributed by atoms with van der Waals surface area (Å²) in [5, 5.41) is 0. The normalized spacial score (nSPS) is 10.9. The predicted molar refractivity (Wildman–Crippen MR) is 60.0 cm³/mol. The number of hydrogen-bond donors (Lipinski definition) is 1. The number of thiophene rings is 1. The van der Waals surface area contributed by atoms with Gasteiger partial charge in [0.25, 0.3) is 0 Å². The summed E-state index contributed by atoms with van der Waals surface area (Å²) in [7, 11) is 3.23. The van der Waals surface area contributed by atoms with Crippen LogP contribution in [-0.4, -0.2) is 17.6 Å². The lowest BCUT2D eigenvalue weighted by Crippen LogP contribution is -2.07. The Morgan fingerprint density at radius 2 is 2.33 bits per heavy atom. The van der Waals surface area contributed by atoms with Gasteiger partial charge in [-0.05, 0) is 12.1 Å². The van der Waals surface area contributed by atoms with Crippen molar-refractivity contribution < 1.29 is 9.53 Å². The maximum Gasteiger partial charge on any atom is 0.354 e. The van der Waals surface area contributed by atoms with Gasteiger partial charge in [-0.25, -0.2) is 4.79 Å². The van der Waals surface area contributed by atoms with Crippen LogP contribution in [0.3, 0.4) is 0 Å². The maximum atomic E-state index is 11.4. The first-order valence-corrected chi connectivity index (χ1v) is 5.35. The van der Waals surface area contributed by atoms with Crippen LogP contribution >= 0.6 is 11.3 Å². The van der Waals surface area contributed by atoms with E-state index < -0.39 is 0 Å². The molecule has 0 atom stereocenters. The fourth-order valence-electron chi connectivity index (χ4n) is 1.56. The van der Waals surface area contributed by atoms with Gasteiger partial charge in [0.05, 0.1) is 17.3 Å². The third-order valence-electron chi connectivity index (χ3n) is 2.38. The minimum atomic E-state index is -0.310. The van der Waals surface area contributed by atoms with E-state index in [1.165, 1.54) is 7.11 Å². The van der Waals surface area contributed by atoms with E-state index in [0.29, 0.717) is 12.2 Å².